The lowest BCUT2D eigenvalue weighted by Crippen LogP contribution is -2.27. The van der Waals surface area contributed by atoms with Gasteiger partial charge in [0.1, 0.15) is 0 Å². The van der Waals surface area contributed by atoms with E-state index in [2.05, 4.69) is 0 Å². The van der Waals surface area contributed by atoms with E-state index in [1.165, 1.54) is 0 Å². The topological polar surface area (TPSA) is 49.3 Å². The van der Waals surface area contributed by atoms with Crippen LogP contribution in [0.25, 0.3) is 11.1 Å². The zero-order chi connectivity index (χ0) is 16.1. The van der Waals surface area contributed by atoms with Gasteiger partial charge in [0.25, 0.3) is 5.91 Å². The van der Waals surface area contributed by atoms with Crippen molar-refractivity contribution in [1.82, 2.24) is 5.48 Å². The van der Waals surface area contributed by atoms with Crippen LogP contribution < -0.4 is 5.48 Å². The summed E-state index contributed by atoms with van der Waals surface area (Å²) in [5.41, 5.74) is 5.66. The summed E-state index contributed by atoms with van der Waals surface area (Å²) in [5, 5.41) is 9.06. The average molecular weight is 303 g/mol. The van der Waals surface area contributed by atoms with Crippen LogP contribution in [-0.4, -0.2) is 11.1 Å². The van der Waals surface area contributed by atoms with Crippen molar-refractivity contribution in [3.8, 4) is 11.1 Å². The molecule has 1 atom stereocenters. The molecule has 0 aliphatic heterocycles. The highest BCUT2D eigenvalue weighted by Crippen LogP contribution is 2.27. The highest BCUT2D eigenvalue weighted by atomic mass is 16.5. The van der Waals surface area contributed by atoms with Crippen molar-refractivity contribution in [3.05, 3.63) is 96.1 Å². The maximum Gasteiger partial charge on any atom is 0.255 e. The van der Waals surface area contributed by atoms with Crippen molar-refractivity contribution >= 4 is 5.91 Å². The summed E-state index contributed by atoms with van der Waals surface area (Å²) in [6.45, 7) is 0. The van der Waals surface area contributed by atoms with E-state index in [4.69, 9.17) is 5.21 Å². The third kappa shape index (κ3) is 3.30. The SMILES string of the molecule is O=C(NO)C(c1ccccc1)c1ccc(-c2ccccc2)cc1. The minimum absolute atomic E-state index is 0.441. The first kappa shape index (κ1) is 15.0. The van der Waals surface area contributed by atoms with Crippen molar-refractivity contribution in [2.45, 2.75) is 5.92 Å². The second kappa shape index (κ2) is 6.90. The Morgan fingerprint density at radius 1 is 0.696 bits per heavy atom. The molecule has 0 aromatic heterocycles. The van der Waals surface area contributed by atoms with Gasteiger partial charge in [0.2, 0.25) is 0 Å². The van der Waals surface area contributed by atoms with E-state index in [0.717, 1.165) is 22.3 Å². The number of amides is 1. The molecule has 0 aliphatic carbocycles. The lowest BCUT2D eigenvalue weighted by Gasteiger charge is -2.16. The molecule has 3 aromatic carbocycles. The normalized spacial score (nSPS) is 11.7. The Hall–Kier alpha value is -2.91. The van der Waals surface area contributed by atoms with Gasteiger partial charge in [-0.15, -0.1) is 0 Å². The number of nitrogens with one attached hydrogen (secondary N) is 1. The number of hydrogen-bond donors (Lipinski definition) is 2. The Morgan fingerprint density at radius 3 is 1.74 bits per heavy atom. The third-order valence-corrected chi connectivity index (χ3v) is 3.86. The van der Waals surface area contributed by atoms with Gasteiger partial charge in [-0.2, -0.15) is 0 Å². The monoisotopic (exact) mass is 303 g/mol. The van der Waals surface area contributed by atoms with Crippen molar-refractivity contribution in [3.63, 3.8) is 0 Å². The Kier molecular flexibility index (Phi) is 4.50. The molecule has 0 spiro atoms. The summed E-state index contributed by atoms with van der Waals surface area (Å²) in [5.74, 6) is -0.977. The molecule has 2 N–H and O–H groups in total. The second-order valence-electron chi connectivity index (χ2n) is 5.31. The standard InChI is InChI=1S/C20H17NO2/c22-20(21-23)19(17-9-5-2-6-10-17)18-13-11-16(12-14-18)15-7-3-1-4-8-15/h1-14,19,23H,(H,21,22). The van der Waals surface area contributed by atoms with Gasteiger partial charge in [-0.05, 0) is 22.3 Å². The molecule has 3 nitrogen and oxygen atoms in total. The second-order valence-corrected chi connectivity index (χ2v) is 5.31. The van der Waals surface area contributed by atoms with E-state index in [1.807, 2.05) is 84.9 Å². The fraction of sp³-hybridized carbons (Fsp3) is 0.0500. The minimum atomic E-state index is -0.536. The Labute approximate surface area is 135 Å². The van der Waals surface area contributed by atoms with Crippen LogP contribution >= 0.6 is 0 Å². The smallest absolute Gasteiger partial charge is 0.255 e. The molecular weight excluding hydrogens is 286 g/mol. The van der Waals surface area contributed by atoms with Crippen LogP contribution in [0.2, 0.25) is 0 Å². The lowest BCUT2D eigenvalue weighted by molar-refractivity contribution is -0.129. The maximum absolute atomic E-state index is 12.1. The molecule has 3 rings (SSSR count). The van der Waals surface area contributed by atoms with Crippen LogP contribution in [0.3, 0.4) is 0 Å². The molecule has 23 heavy (non-hydrogen) atoms. The van der Waals surface area contributed by atoms with E-state index in [1.54, 1.807) is 5.48 Å². The zero-order valence-electron chi connectivity index (χ0n) is 12.5. The zero-order valence-corrected chi connectivity index (χ0v) is 12.5. The van der Waals surface area contributed by atoms with E-state index in [9.17, 15) is 4.79 Å². The first-order chi connectivity index (χ1) is 11.3. The van der Waals surface area contributed by atoms with Gasteiger partial charge in [-0.3, -0.25) is 10.0 Å². The Bertz CT molecular complexity index is 768. The van der Waals surface area contributed by atoms with Crippen LogP contribution in [0, 0.1) is 0 Å². The molecule has 0 fully saturated rings. The van der Waals surface area contributed by atoms with E-state index < -0.39 is 11.8 Å². The van der Waals surface area contributed by atoms with Crippen molar-refractivity contribution in [1.29, 1.82) is 0 Å². The molecule has 114 valence electrons. The van der Waals surface area contributed by atoms with Gasteiger partial charge in [-0.1, -0.05) is 84.9 Å². The van der Waals surface area contributed by atoms with Gasteiger partial charge < -0.3 is 0 Å². The van der Waals surface area contributed by atoms with Crippen molar-refractivity contribution in [2.75, 3.05) is 0 Å². The molecule has 0 heterocycles. The Balaban J connectivity index is 1.96. The fourth-order valence-electron chi connectivity index (χ4n) is 2.70. The van der Waals surface area contributed by atoms with Gasteiger partial charge in [0.05, 0.1) is 5.92 Å². The molecule has 1 amide bonds. The molecule has 0 bridgehead atoms. The molecule has 3 heteroatoms. The average Bonchev–Trinajstić information content (AvgIpc) is 2.64. The van der Waals surface area contributed by atoms with Gasteiger partial charge >= 0.3 is 0 Å². The van der Waals surface area contributed by atoms with Crippen LogP contribution in [0.1, 0.15) is 17.0 Å². The van der Waals surface area contributed by atoms with Crippen LogP contribution in [0.15, 0.2) is 84.9 Å². The minimum Gasteiger partial charge on any atom is -0.289 e. The summed E-state index contributed by atoms with van der Waals surface area (Å²) >= 11 is 0. The van der Waals surface area contributed by atoms with Crippen LogP contribution in [0.5, 0.6) is 0 Å². The number of hydrogen-bond acceptors (Lipinski definition) is 2. The van der Waals surface area contributed by atoms with Gasteiger partial charge in [-0.25, -0.2) is 5.48 Å². The highest BCUT2D eigenvalue weighted by molar-refractivity contribution is 5.86. The first-order valence-corrected chi connectivity index (χ1v) is 7.44. The van der Waals surface area contributed by atoms with Gasteiger partial charge in [0, 0.05) is 0 Å². The predicted molar refractivity (Wildman–Crippen MR) is 90.1 cm³/mol. The molecule has 1 unspecified atom stereocenters. The fourth-order valence-corrected chi connectivity index (χ4v) is 2.70. The lowest BCUT2D eigenvalue weighted by atomic mass is 9.89. The number of carbonyl (C=O) groups excluding carboxylic acids is 1. The molecular formula is C20H17NO2. The Morgan fingerprint density at radius 2 is 1.17 bits per heavy atom. The largest absolute Gasteiger partial charge is 0.289 e. The summed E-state index contributed by atoms with van der Waals surface area (Å²) in [6.07, 6.45) is 0. The third-order valence-electron chi connectivity index (χ3n) is 3.86. The molecule has 0 saturated heterocycles. The summed E-state index contributed by atoms with van der Waals surface area (Å²) in [7, 11) is 0. The number of hydroxylamine groups is 1. The molecule has 0 radical (unpaired) electrons. The van der Waals surface area contributed by atoms with E-state index >= 15 is 0 Å². The predicted octanol–water partition coefficient (Wildman–Crippen LogP) is 3.99. The summed E-state index contributed by atoms with van der Waals surface area (Å²) in [4.78, 5) is 12.1. The molecule has 3 aromatic rings. The molecule has 0 aliphatic rings. The van der Waals surface area contributed by atoms with E-state index in [0.29, 0.717) is 0 Å². The summed E-state index contributed by atoms with van der Waals surface area (Å²) in [6, 6.07) is 27.3. The number of rotatable bonds is 4. The molecule has 0 saturated carbocycles. The summed E-state index contributed by atoms with van der Waals surface area (Å²) < 4.78 is 0. The van der Waals surface area contributed by atoms with Gasteiger partial charge in [0.15, 0.2) is 0 Å². The van der Waals surface area contributed by atoms with E-state index in [-0.39, 0.29) is 0 Å². The van der Waals surface area contributed by atoms with Crippen LogP contribution in [0.4, 0.5) is 0 Å². The number of benzene rings is 3. The highest BCUT2D eigenvalue weighted by Gasteiger charge is 2.22. The quantitative estimate of drug-likeness (QED) is 0.565. The van der Waals surface area contributed by atoms with Crippen LogP contribution in [-0.2, 0) is 4.79 Å². The van der Waals surface area contributed by atoms with Crippen molar-refractivity contribution in [2.24, 2.45) is 0 Å². The first-order valence-electron chi connectivity index (χ1n) is 7.44. The number of carbonyl (C=O) groups is 1. The van der Waals surface area contributed by atoms with Crippen molar-refractivity contribution < 1.29 is 10.0 Å². The maximum atomic E-state index is 12.1.